The number of nitrogens with one attached hydrogen (secondary N) is 2. The summed E-state index contributed by atoms with van der Waals surface area (Å²) in [5.41, 5.74) is -5.33. The molecule has 31 heavy (non-hydrogen) atoms. The largest absolute Gasteiger partial charge is 0.426 e. The Kier molecular flexibility index (Phi) is 6.55. The van der Waals surface area contributed by atoms with Gasteiger partial charge < -0.3 is 10.4 Å². The van der Waals surface area contributed by atoms with E-state index < -0.39 is 55.1 Å². The van der Waals surface area contributed by atoms with Gasteiger partial charge in [0.1, 0.15) is 0 Å². The zero-order valence-electron chi connectivity index (χ0n) is 15.3. The third kappa shape index (κ3) is 5.60. The Morgan fingerprint density at radius 1 is 1.00 bits per heavy atom. The van der Waals surface area contributed by atoms with Crippen molar-refractivity contribution in [2.45, 2.75) is 29.8 Å². The van der Waals surface area contributed by atoms with E-state index in [1.165, 1.54) is 0 Å². The lowest BCUT2D eigenvalue weighted by molar-refractivity contribution is -0.242. The summed E-state index contributed by atoms with van der Waals surface area (Å²) in [6.07, 6.45) is -9.89. The monoisotopic (exact) mass is 490 g/mol. The molecule has 2 rings (SSSR count). The summed E-state index contributed by atoms with van der Waals surface area (Å²) < 4.78 is 103. The van der Waals surface area contributed by atoms with Gasteiger partial charge in [-0.2, -0.15) is 26.3 Å². The van der Waals surface area contributed by atoms with Crippen molar-refractivity contribution in [3.63, 3.8) is 0 Å². The number of anilines is 2. The highest BCUT2D eigenvalue weighted by Crippen LogP contribution is 2.33. The molecule has 14 heteroatoms. The number of hydrogen-bond acceptors (Lipinski definition) is 4. The van der Waals surface area contributed by atoms with E-state index in [0.717, 1.165) is 30.3 Å². The summed E-state index contributed by atoms with van der Waals surface area (Å²) in [6, 6.07) is 5.66. The van der Waals surface area contributed by atoms with E-state index in [9.17, 15) is 44.7 Å². The number of sulfonamides is 1. The van der Waals surface area contributed by atoms with Crippen LogP contribution < -0.4 is 10.0 Å². The van der Waals surface area contributed by atoms with E-state index in [0.29, 0.717) is 12.1 Å². The van der Waals surface area contributed by atoms with Gasteiger partial charge in [-0.05, 0) is 49.4 Å². The van der Waals surface area contributed by atoms with Crippen LogP contribution in [-0.2, 0) is 21.0 Å². The van der Waals surface area contributed by atoms with Crippen molar-refractivity contribution in [1.82, 2.24) is 0 Å². The molecule has 0 saturated heterocycles. The van der Waals surface area contributed by atoms with Gasteiger partial charge in [0, 0.05) is 5.69 Å². The van der Waals surface area contributed by atoms with Gasteiger partial charge in [-0.25, -0.2) is 8.42 Å². The number of benzene rings is 2. The number of amides is 1. The zero-order chi connectivity index (χ0) is 23.8. The number of aliphatic hydroxyl groups is 1. The SMILES string of the molecule is CC(O)(C(=O)Nc1ccc(S(=O)(=O)Nc2ccc(C(F)(F)F)cc2)cc1Cl)C(F)(F)F. The van der Waals surface area contributed by atoms with Gasteiger partial charge in [0.25, 0.3) is 15.9 Å². The van der Waals surface area contributed by atoms with Gasteiger partial charge in [-0.1, -0.05) is 11.6 Å². The molecule has 1 unspecified atom stereocenters. The van der Waals surface area contributed by atoms with Crippen molar-refractivity contribution < 1.29 is 44.7 Å². The Morgan fingerprint density at radius 3 is 2.00 bits per heavy atom. The molecule has 0 aliphatic carbocycles. The van der Waals surface area contributed by atoms with Crippen molar-refractivity contribution in [3.8, 4) is 0 Å². The number of alkyl halides is 6. The molecular formula is C17H13ClF6N2O4S. The fourth-order valence-electron chi connectivity index (χ4n) is 2.08. The molecule has 170 valence electrons. The molecule has 0 spiro atoms. The first kappa shape index (κ1) is 24.8. The van der Waals surface area contributed by atoms with Gasteiger partial charge in [-0.15, -0.1) is 0 Å². The highest BCUT2D eigenvalue weighted by molar-refractivity contribution is 7.92. The maximum atomic E-state index is 12.7. The highest BCUT2D eigenvalue weighted by Gasteiger charge is 2.55. The van der Waals surface area contributed by atoms with Crippen LogP contribution in [0.15, 0.2) is 47.4 Å². The molecule has 6 nitrogen and oxygen atoms in total. The lowest BCUT2D eigenvalue weighted by Gasteiger charge is -2.25. The summed E-state index contributed by atoms with van der Waals surface area (Å²) >= 11 is 5.82. The van der Waals surface area contributed by atoms with E-state index >= 15 is 0 Å². The second-order valence-corrected chi connectivity index (χ2v) is 8.44. The lowest BCUT2D eigenvalue weighted by atomic mass is 10.1. The Labute approximate surface area is 176 Å². The summed E-state index contributed by atoms with van der Waals surface area (Å²) in [4.78, 5) is 11.2. The number of carbonyl (C=O) groups is 1. The van der Waals surface area contributed by atoms with Crippen molar-refractivity contribution in [2.24, 2.45) is 0 Å². The third-order valence-electron chi connectivity index (χ3n) is 3.96. The average molecular weight is 491 g/mol. The van der Waals surface area contributed by atoms with Gasteiger partial charge >= 0.3 is 12.4 Å². The van der Waals surface area contributed by atoms with Crippen molar-refractivity contribution in [2.75, 3.05) is 10.0 Å². The van der Waals surface area contributed by atoms with E-state index in [-0.39, 0.29) is 12.6 Å². The van der Waals surface area contributed by atoms with Crippen LogP contribution in [0.2, 0.25) is 5.02 Å². The molecule has 1 atom stereocenters. The molecule has 0 aliphatic heterocycles. The normalized spacial score (nSPS) is 14.6. The topological polar surface area (TPSA) is 95.5 Å². The molecule has 0 bridgehead atoms. The van der Waals surface area contributed by atoms with E-state index in [1.54, 1.807) is 5.32 Å². The van der Waals surface area contributed by atoms with E-state index in [2.05, 4.69) is 0 Å². The molecule has 0 aliphatic rings. The molecule has 0 radical (unpaired) electrons. The number of hydrogen-bond donors (Lipinski definition) is 3. The first-order chi connectivity index (χ1) is 13.9. The van der Waals surface area contributed by atoms with E-state index in [1.807, 2.05) is 4.72 Å². The van der Waals surface area contributed by atoms with Gasteiger partial charge in [0.2, 0.25) is 5.60 Å². The Morgan fingerprint density at radius 2 is 1.55 bits per heavy atom. The highest BCUT2D eigenvalue weighted by atomic mass is 35.5. The summed E-state index contributed by atoms with van der Waals surface area (Å²) in [6.45, 7) is 0.225. The molecule has 0 fully saturated rings. The van der Waals surface area contributed by atoms with Gasteiger partial charge in [0.05, 0.1) is 21.2 Å². The Hall–Kier alpha value is -2.51. The lowest BCUT2D eigenvalue weighted by Crippen LogP contribution is -2.52. The standard InChI is InChI=1S/C17H13ClF6N2O4S/c1-15(28,17(22,23)24)14(27)25-13-7-6-11(8-12(13)18)31(29,30)26-10-4-2-9(3-5-10)16(19,20)21/h2-8,26,28H,1H3,(H,25,27). The molecular weight excluding hydrogens is 478 g/mol. The zero-order valence-corrected chi connectivity index (χ0v) is 16.8. The Bertz CT molecular complexity index is 1080. The molecule has 0 heterocycles. The molecule has 2 aromatic carbocycles. The Balaban J connectivity index is 2.22. The molecule has 1 amide bonds. The minimum absolute atomic E-state index is 0.192. The predicted molar refractivity (Wildman–Crippen MR) is 99.0 cm³/mol. The van der Waals surface area contributed by atoms with Crippen molar-refractivity contribution in [1.29, 1.82) is 0 Å². The maximum absolute atomic E-state index is 12.7. The summed E-state index contributed by atoms with van der Waals surface area (Å²) in [5, 5.41) is 10.6. The van der Waals surface area contributed by atoms with Crippen molar-refractivity contribution >= 4 is 38.9 Å². The fraction of sp³-hybridized carbons (Fsp3) is 0.235. The third-order valence-corrected chi connectivity index (χ3v) is 5.65. The first-order valence-corrected chi connectivity index (χ1v) is 9.91. The minimum atomic E-state index is -5.28. The van der Waals surface area contributed by atoms with E-state index in [4.69, 9.17) is 11.6 Å². The van der Waals surface area contributed by atoms with Crippen LogP contribution >= 0.6 is 11.6 Å². The first-order valence-electron chi connectivity index (χ1n) is 8.05. The van der Waals surface area contributed by atoms with Gasteiger partial charge in [0.15, 0.2) is 0 Å². The van der Waals surface area contributed by atoms with Crippen LogP contribution in [-0.4, -0.2) is 31.2 Å². The fourth-order valence-corrected chi connectivity index (χ4v) is 3.46. The predicted octanol–water partition coefficient (Wildman–Crippen LogP) is 4.41. The maximum Gasteiger partial charge on any atom is 0.426 e. The average Bonchev–Trinajstić information content (AvgIpc) is 2.61. The molecule has 0 aromatic heterocycles. The number of rotatable bonds is 5. The summed E-state index contributed by atoms with van der Waals surface area (Å²) in [7, 11) is -4.34. The van der Waals surface area contributed by atoms with Crippen LogP contribution in [0.25, 0.3) is 0 Å². The van der Waals surface area contributed by atoms with Crippen LogP contribution in [0.3, 0.4) is 0 Å². The van der Waals surface area contributed by atoms with Crippen LogP contribution in [0.1, 0.15) is 12.5 Å². The number of carbonyl (C=O) groups excluding carboxylic acids is 1. The number of halogens is 7. The smallest absolute Gasteiger partial charge is 0.373 e. The molecule has 2 aromatic rings. The van der Waals surface area contributed by atoms with Gasteiger partial charge in [-0.3, -0.25) is 9.52 Å². The summed E-state index contributed by atoms with van der Waals surface area (Å²) in [5.74, 6) is -1.85. The van der Waals surface area contributed by atoms with Crippen LogP contribution in [0.4, 0.5) is 37.7 Å². The second-order valence-electron chi connectivity index (χ2n) is 6.35. The molecule has 0 saturated carbocycles. The second kappa shape index (κ2) is 8.20. The van der Waals surface area contributed by atoms with Crippen molar-refractivity contribution in [3.05, 3.63) is 53.1 Å². The van der Waals surface area contributed by atoms with Crippen LogP contribution in [0.5, 0.6) is 0 Å². The quantitative estimate of drug-likeness (QED) is 0.541. The van der Waals surface area contributed by atoms with Crippen LogP contribution in [0, 0.1) is 0 Å². The molecule has 3 N–H and O–H groups in total. The minimum Gasteiger partial charge on any atom is -0.373 e.